The van der Waals surface area contributed by atoms with Gasteiger partial charge in [0.05, 0.1) is 11.2 Å². The SMILES string of the molecule is Brc1ccc(-c2ccc(-c3cccnc3)cc2)c2ccccc12.CC1(C)OB(c2ccc(-c3nc(-c4ccccc4)nc(-c4ccc(-c5ccccc5)cc4)n3)cc2)OC1(C)C.c1ccc(-c2ccc(-c3nc(-c4ccccc4)nc(-c4ccc(-c5ccc(-c6ccc(-c7cccnc7)cc6)c6ccccc56)cc4)n3)cc2)cc1. The minimum atomic E-state index is -0.416. The quantitative estimate of drug-likeness (QED) is 0.0973. The van der Waals surface area contributed by atoms with Crippen LogP contribution in [0.15, 0.2) is 393 Å². The molecule has 14 aromatic carbocycles. The fourth-order valence-corrected chi connectivity index (χ4v) is 14.7. The zero-order valence-electron chi connectivity index (χ0n) is 63.3. The highest BCUT2D eigenvalue weighted by atomic mass is 79.9. The van der Waals surface area contributed by atoms with E-state index in [4.69, 9.17) is 39.2 Å². The molecule has 10 nitrogen and oxygen atoms in total. The van der Waals surface area contributed by atoms with E-state index in [0.717, 1.165) is 76.7 Å². The summed E-state index contributed by atoms with van der Waals surface area (Å²) in [6.07, 6.45) is 7.39. The molecular formula is C102H76BBrN8O2. The van der Waals surface area contributed by atoms with Crippen LogP contribution in [0.1, 0.15) is 27.7 Å². The molecule has 0 spiro atoms. The summed E-state index contributed by atoms with van der Waals surface area (Å²) in [5, 5.41) is 4.92. The van der Waals surface area contributed by atoms with Crippen molar-refractivity contribution in [1.29, 1.82) is 0 Å². The standard InChI is InChI=1S/C48H32N4.C33H30BN3O2.C21H14BrN/c1-3-10-33(11-4-1)34-19-25-39(26-20-34)47-50-46(38-12-5-2-6-13-38)51-48(52-47)40-27-23-37(24-28-40)43-30-29-42(44-15-7-8-16-45(43)44)36-21-17-35(18-22-36)41-14-9-31-49-32-41;1-32(2)33(3,4)39-34(38-32)28-21-19-27(20-22-28)31-36-29(25-13-9-6-10-14-25)35-30(37-31)26-17-15-24(16-18-26)23-11-7-5-8-12-23;22-21-12-11-18(19-5-1-2-6-20(19)21)16-9-7-15(8-10-16)17-4-3-13-23-14-17/h1-32H;5-22H,1-4H3;1-14H. The molecule has 12 heteroatoms. The number of nitrogens with zero attached hydrogens (tertiary/aromatic N) is 8. The third kappa shape index (κ3) is 16.0. The lowest BCUT2D eigenvalue weighted by molar-refractivity contribution is 0.00578. The Morgan fingerprint density at radius 3 is 0.763 bits per heavy atom. The van der Waals surface area contributed by atoms with E-state index in [1.54, 1.807) is 12.4 Å². The van der Waals surface area contributed by atoms with Crippen LogP contribution in [0.25, 0.3) is 168 Å². The zero-order valence-corrected chi connectivity index (χ0v) is 64.9. The van der Waals surface area contributed by atoms with Crippen molar-refractivity contribution in [1.82, 2.24) is 39.9 Å². The highest BCUT2D eigenvalue weighted by molar-refractivity contribution is 9.10. The average molecular weight is 1540 g/mol. The molecule has 0 radical (unpaired) electrons. The van der Waals surface area contributed by atoms with Gasteiger partial charge in [-0.2, -0.15) is 0 Å². The Morgan fingerprint density at radius 1 is 0.219 bits per heavy atom. The molecule has 0 atom stereocenters. The van der Waals surface area contributed by atoms with Gasteiger partial charge in [-0.05, 0) is 151 Å². The van der Waals surface area contributed by atoms with Crippen molar-refractivity contribution in [2.24, 2.45) is 0 Å². The summed E-state index contributed by atoms with van der Waals surface area (Å²) in [7, 11) is -0.416. The van der Waals surface area contributed by atoms with Gasteiger partial charge in [0.2, 0.25) is 0 Å². The van der Waals surface area contributed by atoms with Crippen LogP contribution < -0.4 is 5.46 Å². The van der Waals surface area contributed by atoms with Gasteiger partial charge < -0.3 is 9.31 Å². The second-order valence-electron chi connectivity index (χ2n) is 29.0. The molecule has 0 unspecified atom stereocenters. The number of rotatable bonds is 14. The van der Waals surface area contributed by atoms with Crippen molar-refractivity contribution in [2.45, 2.75) is 38.9 Å². The van der Waals surface area contributed by atoms with Crippen LogP contribution in [-0.4, -0.2) is 58.2 Å². The molecular weight excluding hydrogens is 1460 g/mol. The molecule has 1 aliphatic heterocycles. The predicted molar refractivity (Wildman–Crippen MR) is 471 cm³/mol. The first-order chi connectivity index (χ1) is 55.9. The number of hydrogen-bond acceptors (Lipinski definition) is 10. The minimum Gasteiger partial charge on any atom is -0.399 e. The lowest BCUT2D eigenvalue weighted by Crippen LogP contribution is -2.41. The fourth-order valence-electron chi connectivity index (χ4n) is 14.2. The number of benzene rings is 14. The molecule has 114 heavy (non-hydrogen) atoms. The highest BCUT2D eigenvalue weighted by Gasteiger charge is 2.51. The third-order valence-electron chi connectivity index (χ3n) is 21.2. The molecule has 18 aromatic rings. The molecule has 546 valence electrons. The molecule has 0 amide bonds. The minimum absolute atomic E-state index is 0.389. The molecule has 0 N–H and O–H groups in total. The summed E-state index contributed by atoms with van der Waals surface area (Å²) in [6.45, 7) is 8.24. The van der Waals surface area contributed by atoms with Gasteiger partial charge in [-0.15, -0.1) is 0 Å². The summed E-state index contributed by atoms with van der Waals surface area (Å²) in [4.78, 5) is 38.0. The highest BCUT2D eigenvalue weighted by Crippen LogP contribution is 2.41. The molecule has 19 rings (SSSR count). The summed E-state index contributed by atoms with van der Waals surface area (Å²) in [5.74, 6) is 3.81. The van der Waals surface area contributed by atoms with E-state index in [2.05, 4.69) is 296 Å². The predicted octanol–water partition coefficient (Wildman–Crippen LogP) is 25.3. The normalized spacial score (nSPS) is 12.7. The number of halogens is 1. The third-order valence-corrected chi connectivity index (χ3v) is 21.9. The van der Waals surface area contributed by atoms with Gasteiger partial charge in [0.1, 0.15) is 0 Å². The molecule has 1 aliphatic rings. The number of hydrogen-bond donors (Lipinski definition) is 0. The van der Waals surface area contributed by atoms with Gasteiger partial charge in [0.25, 0.3) is 0 Å². The Labute approximate surface area is 673 Å². The Hall–Kier alpha value is -13.6. The van der Waals surface area contributed by atoms with Crippen LogP contribution in [0.2, 0.25) is 0 Å². The molecule has 0 bridgehead atoms. The fraction of sp³-hybridized carbons (Fsp3) is 0.0588. The van der Waals surface area contributed by atoms with Crippen LogP contribution in [0.3, 0.4) is 0 Å². The van der Waals surface area contributed by atoms with E-state index < -0.39 is 7.12 Å². The van der Waals surface area contributed by atoms with Crippen molar-refractivity contribution in [2.75, 3.05) is 0 Å². The van der Waals surface area contributed by atoms with Gasteiger partial charge in [-0.25, -0.2) is 29.9 Å². The maximum atomic E-state index is 6.23. The smallest absolute Gasteiger partial charge is 0.399 e. The summed E-state index contributed by atoms with van der Waals surface area (Å²) in [6, 6.07) is 126. The molecule has 4 aromatic heterocycles. The summed E-state index contributed by atoms with van der Waals surface area (Å²) < 4.78 is 13.6. The van der Waals surface area contributed by atoms with Crippen molar-refractivity contribution in [3.63, 3.8) is 0 Å². The lowest BCUT2D eigenvalue weighted by Gasteiger charge is -2.32. The Balaban J connectivity index is 0.000000133. The van der Waals surface area contributed by atoms with Gasteiger partial charge in [-0.1, -0.05) is 362 Å². The van der Waals surface area contributed by atoms with Gasteiger partial charge in [0, 0.05) is 62.6 Å². The molecule has 0 aliphatic carbocycles. The van der Waals surface area contributed by atoms with E-state index in [1.807, 2.05) is 134 Å². The molecule has 1 saturated heterocycles. The van der Waals surface area contributed by atoms with Crippen LogP contribution >= 0.6 is 15.9 Å². The van der Waals surface area contributed by atoms with Gasteiger partial charge >= 0.3 is 7.12 Å². The second kappa shape index (κ2) is 32.8. The summed E-state index contributed by atoms with van der Waals surface area (Å²) in [5.41, 5.74) is 22.2. The average Bonchev–Trinajstić information content (AvgIpc) is 1.47. The van der Waals surface area contributed by atoms with E-state index >= 15 is 0 Å². The van der Waals surface area contributed by atoms with Gasteiger partial charge in [0.15, 0.2) is 34.9 Å². The van der Waals surface area contributed by atoms with Crippen molar-refractivity contribution in [3.8, 4) is 146 Å². The number of aromatic nitrogens is 8. The molecule has 0 saturated carbocycles. The van der Waals surface area contributed by atoms with Crippen molar-refractivity contribution in [3.05, 3.63) is 393 Å². The maximum absolute atomic E-state index is 6.23. The lowest BCUT2D eigenvalue weighted by atomic mass is 9.79. The van der Waals surface area contributed by atoms with Crippen LogP contribution in [0.4, 0.5) is 0 Å². The van der Waals surface area contributed by atoms with Gasteiger partial charge in [-0.3, -0.25) is 9.97 Å². The van der Waals surface area contributed by atoms with E-state index in [0.29, 0.717) is 34.9 Å². The van der Waals surface area contributed by atoms with E-state index in [-0.39, 0.29) is 11.2 Å². The van der Waals surface area contributed by atoms with Crippen LogP contribution in [0.5, 0.6) is 0 Å². The summed E-state index contributed by atoms with van der Waals surface area (Å²) >= 11 is 3.64. The Bertz CT molecular complexity index is 6340. The Morgan fingerprint density at radius 2 is 0.447 bits per heavy atom. The van der Waals surface area contributed by atoms with E-state index in [1.165, 1.54) is 66.1 Å². The first-order valence-corrected chi connectivity index (χ1v) is 38.9. The number of pyridine rings is 2. The first-order valence-electron chi connectivity index (χ1n) is 38.1. The molecule has 1 fully saturated rings. The van der Waals surface area contributed by atoms with Crippen LogP contribution in [-0.2, 0) is 9.31 Å². The monoisotopic (exact) mass is 1530 g/mol. The van der Waals surface area contributed by atoms with Crippen molar-refractivity contribution < 1.29 is 9.31 Å². The Kier molecular flexibility index (Phi) is 21.0. The van der Waals surface area contributed by atoms with Crippen LogP contribution in [0, 0.1) is 0 Å². The molecule has 5 heterocycles. The number of fused-ring (bicyclic) bond motifs is 2. The second-order valence-corrected chi connectivity index (χ2v) is 29.9. The first kappa shape index (κ1) is 73.2. The van der Waals surface area contributed by atoms with Crippen molar-refractivity contribution >= 4 is 50.1 Å². The largest absolute Gasteiger partial charge is 0.494 e. The maximum Gasteiger partial charge on any atom is 0.494 e. The van der Waals surface area contributed by atoms with E-state index in [9.17, 15) is 0 Å². The zero-order chi connectivity index (χ0) is 77.4. The topological polar surface area (TPSA) is 122 Å².